The quantitative estimate of drug-likeness (QED) is 0.442. The second-order valence-electron chi connectivity index (χ2n) is 9.28. The Kier molecular flexibility index (Phi) is 5.67. The SMILES string of the molecule is CC(C)C1=CC(C(C)C)[C]([Zr][CH]2c3ccccc3-c3ccccc32)=C1C(C)C. The summed E-state index contributed by atoms with van der Waals surface area (Å²) in [5.41, 5.74) is 9.50. The molecule has 144 valence electrons. The van der Waals surface area contributed by atoms with Crippen LogP contribution >= 0.6 is 0 Å². The predicted molar refractivity (Wildman–Crippen MR) is 117 cm³/mol. The van der Waals surface area contributed by atoms with Gasteiger partial charge in [0.1, 0.15) is 0 Å². The van der Waals surface area contributed by atoms with Crippen molar-refractivity contribution in [2.75, 3.05) is 0 Å². The van der Waals surface area contributed by atoms with Crippen molar-refractivity contribution < 1.29 is 23.2 Å². The summed E-state index contributed by atoms with van der Waals surface area (Å²) in [6.45, 7) is 14.4. The molecule has 2 aromatic carbocycles. The van der Waals surface area contributed by atoms with Crippen LogP contribution in [0.5, 0.6) is 0 Å². The average Bonchev–Trinajstić information content (AvgIpc) is 3.20. The van der Waals surface area contributed by atoms with E-state index in [1.807, 2.05) is 3.28 Å². The first-order valence-electron chi connectivity index (χ1n) is 10.8. The van der Waals surface area contributed by atoms with E-state index in [1.54, 1.807) is 22.3 Å². The van der Waals surface area contributed by atoms with E-state index in [1.165, 1.54) is 11.1 Å². The summed E-state index contributed by atoms with van der Waals surface area (Å²) in [5, 5.41) is 0. The first-order valence-corrected chi connectivity index (χ1v) is 13.5. The van der Waals surface area contributed by atoms with E-state index < -0.39 is 23.2 Å². The van der Waals surface area contributed by atoms with Gasteiger partial charge in [0.05, 0.1) is 0 Å². The molecule has 0 aromatic heterocycles. The molecule has 0 nitrogen and oxygen atoms in total. The zero-order valence-corrected chi connectivity index (χ0v) is 20.5. The van der Waals surface area contributed by atoms with Gasteiger partial charge in [-0.1, -0.05) is 0 Å². The van der Waals surface area contributed by atoms with Crippen LogP contribution in [0.3, 0.4) is 0 Å². The number of benzene rings is 2. The molecule has 0 saturated heterocycles. The summed E-state index contributed by atoms with van der Waals surface area (Å²) in [4.78, 5) is 0. The summed E-state index contributed by atoms with van der Waals surface area (Å²) in [7, 11) is 0. The van der Waals surface area contributed by atoms with Crippen molar-refractivity contribution in [1.82, 2.24) is 0 Å². The van der Waals surface area contributed by atoms with Crippen molar-refractivity contribution in [3.8, 4) is 11.1 Å². The van der Waals surface area contributed by atoms with Gasteiger partial charge in [-0.05, 0) is 0 Å². The third-order valence-electron chi connectivity index (χ3n) is 6.34. The minimum atomic E-state index is -0.833. The Hall–Kier alpha value is -1.20. The Morgan fingerprint density at radius 2 is 1.25 bits per heavy atom. The summed E-state index contributed by atoms with van der Waals surface area (Å²) >= 11 is -0.833. The Labute approximate surface area is 182 Å². The van der Waals surface area contributed by atoms with E-state index in [-0.39, 0.29) is 0 Å². The van der Waals surface area contributed by atoms with E-state index in [0.717, 1.165) is 0 Å². The molecular weight excluding hydrogens is 416 g/mol. The van der Waals surface area contributed by atoms with Gasteiger partial charge in [-0.25, -0.2) is 0 Å². The maximum absolute atomic E-state index is 2.65. The number of fused-ring (bicyclic) bond motifs is 3. The van der Waals surface area contributed by atoms with Crippen molar-refractivity contribution in [2.24, 2.45) is 23.7 Å². The van der Waals surface area contributed by atoms with Crippen LogP contribution in [0.25, 0.3) is 11.1 Å². The standard InChI is InChI=1S/C14H23.C13H9.Zr/c1-9(2)12-7-13(10(3)4)14(8-12)11(5)6;1-3-7-12-10(5-1)9-11-6-2-4-8-13(11)12;/h7,9-12H,1-6H3;1-9H;. The topological polar surface area (TPSA) is 0 Å². The molecule has 0 spiro atoms. The monoisotopic (exact) mass is 446 g/mol. The molecule has 0 fully saturated rings. The molecule has 2 aromatic rings. The van der Waals surface area contributed by atoms with Gasteiger partial charge in [0.15, 0.2) is 0 Å². The zero-order valence-electron chi connectivity index (χ0n) is 18.1. The number of hydrogen-bond acceptors (Lipinski definition) is 0. The van der Waals surface area contributed by atoms with Crippen molar-refractivity contribution in [2.45, 2.75) is 45.2 Å². The second kappa shape index (κ2) is 7.91. The summed E-state index contributed by atoms with van der Waals surface area (Å²) in [5.74, 6) is 2.59. The summed E-state index contributed by atoms with van der Waals surface area (Å²) in [6, 6.07) is 18.3. The van der Waals surface area contributed by atoms with Crippen LogP contribution in [-0.4, -0.2) is 0 Å². The van der Waals surface area contributed by atoms with Crippen LogP contribution < -0.4 is 0 Å². The van der Waals surface area contributed by atoms with Gasteiger partial charge in [-0.2, -0.15) is 0 Å². The molecule has 0 N–H and O–H groups in total. The second-order valence-corrected chi connectivity index (χ2v) is 12.7. The average molecular weight is 448 g/mol. The molecular formula is C27H32Zr. The first kappa shape index (κ1) is 20.1. The third-order valence-corrected chi connectivity index (χ3v) is 10.8. The third kappa shape index (κ3) is 3.35. The van der Waals surface area contributed by atoms with Gasteiger partial charge in [-0.3, -0.25) is 0 Å². The molecule has 1 heteroatoms. The molecule has 0 heterocycles. The van der Waals surface area contributed by atoms with Gasteiger partial charge < -0.3 is 0 Å². The fraction of sp³-hybridized carbons (Fsp3) is 0.407. The number of allylic oxidation sites excluding steroid dienone is 4. The van der Waals surface area contributed by atoms with Gasteiger partial charge >= 0.3 is 183 Å². The fourth-order valence-electron chi connectivity index (χ4n) is 5.02. The normalized spacial score (nSPS) is 18.9. The molecule has 0 saturated carbocycles. The van der Waals surface area contributed by atoms with E-state index in [4.69, 9.17) is 0 Å². The van der Waals surface area contributed by atoms with Crippen LogP contribution in [0.4, 0.5) is 0 Å². The molecule has 0 radical (unpaired) electrons. The van der Waals surface area contributed by atoms with Gasteiger partial charge in [0, 0.05) is 0 Å². The summed E-state index contributed by atoms with van der Waals surface area (Å²) in [6.07, 6.45) is 2.65. The van der Waals surface area contributed by atoms with Crippen LogP contribution in [0.15, 0.2) is 69.0 Å². The van der Waals surface area contributed by atoms with Gasteiger partial charge in [0.2, 0.25) is 0 Å². The first-order chi connectivity index (χ1) is 13.4. The summed E-state index contributed by atoms with van der Waals surface area (Å²) < 4.78 is 2.52. The molecule has 28 heavy (non-hydrogen) atoms. The van der Waals surface area contributed by atoms with Crippen molar-refractivity contribution in [1.29, 1.82) is 0 Å². The Morgan fingerprint density at radius 3 is 1.71 bits per heavy atom. The van der Waals surface area contributed by atoms with Crippen LogP contribution in [-0.2, 0) is 23.2 Å². The van der Waals surface area contributed by atoms with Gasteiger partial charge in [0.25, 0.3) is 0 Å². The molecule has 0 aliphatic heterocycles. The van der Waals surface area contributed by atoms with E-state index in [0.29, 0.717) is 27.3 Å². The number of hydrogen-bond donors (Lipinski definition) is 0. The Morgan fingerprint density at radius 1 is 0.714 bits per heavy atom. The molecule has 0 bridgehead atoms. The molecule has 2 aliphatic rings. The van der Waals surface area contributed by atoms with E-state index in [2.05, 4.69) is 96.1 Å². The molecule has 0 amide bonds. The van der Waals surface area contributed by atoms with E-state index in [9.17, 15) is 0 Å². The van der Waals surface area contributed by atoms with Crippen LogP contribution in [0, 0.1) is 23.7 Å². The predicted octanol–water partition coefficient (Wildman–Crippen LogP) is 7.62. The van der Waals surface area contributed by atoms with Crippen LogP contribution in [0.2, 0.25) is 0 Å². The van der Waals surface area contributed by atoms with Crippen molar-refractivity contribution >= 4 is 0 Å². The Bertz CT molecular complexity index is 897. The molecule has 1 unspecified atom stereocenters. The molecule has 4 rings (SSSR count). The Balaban J connectivity index is 1.83. The minimum absolute atomic E-state index is 0.624. The molecule has 1 atom stereocenters. The van der Waals surface area contributed by atoms with Crippen molar-refractivity contribution in [3.63, 3.8) is 0 Å². The van der Waals surface area contributed by atoms with Gasteiger partial charge in [-0.15, -0.1) is 0 Å². The number of rotatable bonds is 5. The fourth-order valence-corrected chi connectivity index (χ4v) is 10.7. The zero-order chi connectivity index (χ0) is 20.0. The van der Waals surface area contributed by atoms with Crippen molar-refractivity contribution in [3.05, 3.63) is 80.2 Å². The van der Waals surface area contributed by atoms with Crippen LogP contribution in [0.1, 0.15) is 56.3 Å². The molecule has 2 aliphatic carbocycles. The maximum atomic E-state index is 2.65. The van der Waals surface area contributed by atoms with E-state index >= 15 is 0 Å².